The van der Waals surface area contributed by atoms with Crippen molar-refractivity contribution in [3.63, 3.8) is 0 Å². The average Bonchev–Trinajstić information content (AvgIpc) is 2.29. The standard InChI is InChI=1S/C15H15N/c1-3-6-12(2)16-15-10-9-13-7-4-5-8-14(13)11-15/h3-11,16H,1H2,2H3/b12-6+. The van der Waals surface area contributed by atoms with Crippen molar-refractivity contribution in [3.8, 4) is 0 Å². The third kappa shape index (κ3) is 2.31. The van der Waals surface area contributed by atoms with Gasteiger partial charge in [-0.15, -0.1) is 0 Å². The Morgan fingerprint density at radius 3 is 2.62 bits per heavy atom. The van der Waals surface area contributed by atoms with Gasteiger partial charge in [-0.3, -0.25) is 0 Å². The molecule has 2 aromatic carbocycles. The van der Waals surface area contributed by atoms with Gasteiger partial charge < -0.3 is 5.32 Å². The third-order valence-electron chi connectivity index (χ3n) is 2.46. The van der Waals surface area contributed by atoms with Gasteiger partial charge in [-0.2, -0.15) is 0 Å². The molecule has 0 saturated carbocycles. The van der Waals surface area contributed by atoms with Gasteiger partial charge in [-0.25, -0.2) is 0 Å². The van der Waals surface area contributed by atoms with Crippen LogP contribution < -0.4 is 5.32 Å². The molecular weight excluding hydrogens is 194 g/mol. The molecule has 0 atom stereocenters. The van der Waals surface area contributed by atoms with Gasteiger partial charge in [0.15, 0.2) is 0 Å². The number of hydrogen-bond donors (Lipinski definition) is 1. The summed E-state index contributed by atoms with van der Waals surface area (Å²) in [5.74, 6) is 0. The minimum atomic E-state index is 1.09. The van der Waals surface area contributed by atoms with Crippen LogP contribution in [0, 0.1) is 0 Å². The highest BCUT2D eigenvalue weighted by atomic mass is 14.9. The number of nitrogens with one attached hydrogen (secondary N) is 1. The van der Waals surface area contributed by atoms with E-state index in [0.717, 1.165) is 11.4 Å². The maximum absolute atomic E-state index is 3.68. The topological polar surface area (TPSA) is 12.0 Å². The Kier molecular flexibility index (Phi) is 3.06. The third-order valence-corrected chi connectivity index (χ3v) is 2.46. The van der Waals surface area contributed by atoms with E-state index in [1.807, 2.05) is 13.0 Å². The van der Waals surface area contributed by atoms with Crippen LogP contribution in [-0.2, 0) is 0 Å². The minimum Gasteiger partial charge on any atom is -0.359 e. The first-order chi connectivity index (χ1) is 7.79. The van der Waals surface area contributed by atoms with Crippen LogP contribution in [0.5, 0.6) is 0 Å². The molecule has 2 aromatic rings. The molecule has 0 bridgehead atoms. The first-order valence-electron chi connectivity index (χ1n) is 5.35. The predicted octanol–water partition coefficient (Wildman–Crippen LogP) is 4.34. The molecule has 0 fully saturated rings. The fourth-order valence-corrected chi connectivity index (χ4v) is 1.71. The average molecular weight is 209 g/mol. The second-order valence-electron chi connectivity index (χ2n) is 3.77. The summed E-state index contributed by atoms with van der Waals surface area (Å²) in [7, 11) is 0. The second-order valence-corrected chi connectivity index (χ2v) is 3.77. The highest BCUT2D eigenvalue weighted by Gasteiger charge is 1.95. The Balaban J connectivity index is 2.32. The van der Waals surface area contributed by atoms with E-state index in [0.29, 0.717) is 0 Å². The van der Waals surface area contributed by atoms with Gasteiger partial charge in [0.05, 0.1) is 0 Å². The SMILES string of the molecule is C=C/C=C(\C)Nc1ccc2ccccc2c1. The lowest BCUT2D eigenvalue weighted by Crippen LogP contribution is -1.94. The molecule has 2 rings (SSSR count). The summed E-state index contributed by atoms with van der Waals surface area (Å²) in [5.41, 5.74) is 2.19. The molecule has 0 aliphatic heterocycles. The van der Waals surface area contributed by atoms with Crippen molar-refractivity contribution >= 4 is 16.5 Å². The van der Waals surface area contributed by atoms with Gasteiger partial charge >= 0.3 is 0 Å². The fraction of sp³-hybridized carbons (Fsp3) is 0.0667. The number of hydrogen-bond acceptors (Lipinski definition) is 1. The largest absolute Gasteiger partial charge is 0.359 e. The number of anilines is 1. The molecule has 80 valence electrons. The highest BCUT2D eigenvalue weighted by molar-refractivity contribution is 5.85. The summed E-state index contributed by atoms with van der Waals surface area (Å²) >= 11 is 0. The smallest absolute Gasteiger partial charge is 0.0388 e. The van der Waals surface area contributed by atoms with E-state index in [1.54, 1.807) is 6.08 Å². The molecule has 0 heterocycles. The zero-order valence-corrected chi connectivity index (χ0v) is 9.40. The zero-order valence-electron chi connectivity index (χ0n) is 9.40. The van der Waals surface area contributed by atoms with Crippen LogP contribution in [0.1, 0.15) is 6.92 Å². The maximum atomic E-state index is 3.68. The van der Waals surface area contributed by atoms with E-state index in [4.69, 9.17) is 0 Å². The zero-order chi connectivity index (χ0) is 11.4. The normalized spacial score (nSPS) is 11.4. The number of rotatable bonds is 3. The van der Waals surface area contributed by atoms with E-state index in [-0.39, 0.29) is 0 Å². The van der Waals surface area contributed by atoms with Crippen LogP contribution >= 0.6 is 0 Å². The number of fused-ring (bicyclic) bond motifs is 1. The molecule has 0 unspecified atom stereocenters. The van der Waals surface area contributed by atoms with Gasteiger partial charge in [-0.1, -0.05) is 43.0 Å². The molecule has 16 heavy (non-hydrogen) atoms. The Bertz CT molecular complexity index is 538. The first-order valence-corrected chi connectivity index (χ1v) is 5.35. The van der Waals surface area contributed by atoms with Gasteiger partial charge in [0.25, 0.3) is 0 Å². The highest BCUT2D eigenvalue weighted by Crippen LogP contribution is 2.19. The summed E-state index contributed by atoms with van der Waals surface area (Å²) in [6.45, 7) is 5.70. The summed E-state index contributed by atoms with van der Waals surface area (Å²) < 4.78 is 0. The van der Waals surface area contributed by atoms with Crippen molar-refractivity contribution in [3.05, 3.63) is 66.9 Å². The van der Waals surface area contributed by atoms with E-state index in [9.17, 15) is 0 Å². The van der Waals surface area contributed by atoms with E-state index in [2.05, 4.69) is 54.4 Å². The molecule has 0 aliphatic rings. The summed E-state index contributed by atoms with van der Waals surface area (Å²) in [4.78, 5) is 0. The lowest BCUT2D eigenvalue weighted by atomic mass is 10.1. The molecular formula is C15H15N. The van der Waals surface area contributed by atoms with Gasteiger partial charge in [0.2, 0.25) is 0 Å². The number of allylic oxidation sites excluding steroid dienone is 3. The summed E-state index contributed by atoms with van der Waals surface area (Å²) in [6, 6.07) is 14.7. The molecule has 0 saturated heterocycles. The molecule has 0 amide bonds. The Labute approximate surface area is 96.1 Å². The predicted molar refractivity (Wildman–Crippen MR) is 71.5 cm³/mol. The van der Waals surface area contributed by atoms with Crippen LogP contribution in [0.15, 0.2) is 66.9 Å². The lowest BCUT2D eigenvalue weighted by molar-refractivity contribution is 1.38. The first kappa shape index (κ1) is 10.5. The van der Waals surface area contributed by atoms with Crippen molar-refractivity contribution in [2.75, 3.05) is 5.32 Å². The molecule has 1 heteroatoms. The van der Waals surface area contributed by atoms with Gasteiger partial charge in [-0.05, 0) is 35.9 Å². The Morgan fingerprint density at radius 2 is 1.88 bits per heavy atom. The van der Waals surface area contributed by atoms with Crippen LogP contribution in [0.4, 0.5) is 5.69 Å². The maximum Gasteiger partial charge on any atom is 0.0388 e. The quantitative estimate of drug-likeness (QED) is 0.741. The molecule has 0 spiro atoms. The minimum absolute atomic E-state index is 1.09. The van der Waals surface area contributed by atoms with E-state index in [1.165, 1.54) is 10.8 Å². The van der Waals surface area contributed by atoms with Crippen molar-refractivity contribution < 1.29 is 0 Å². The van der Waals surface area contributed by atoms with E-state index < -0.39 is 0 Å². The molecule has 0 aromatic heterocycles. The molecule has 1 N–H and O–H groups in total. The summed E-state index contributed by atoms with van der Waals surface area (Å²) in [6.07, 6.45) is 3.73. The summed E-state index contributed by atoms with van der Waals surface area (Å²) in [5, 5.41) is 5.84. The Morgan fingerprint density at radius 1 is 1.12 bits per heavy atom. The molecule has 0 radical (unpaired) electrons. The van der Waals surface area contributed by atoms with Crippen molar-refractivity contribution in [2.24, 2.45) is 0 Å². The molecule has 0 aliphatic carbocycles. The van der Waals surface area contributed by atoms with E-state index >= 15 is 0 Å². The Hall–Kier alpha value is -2.02. The van der Waals surface area contributed by atoms with Crippen LogP contribution in [0.25, 0.3) is 10.8 Å². The lowest BCUT2D eigenvalue weighted by Gasteiger charge is -2.07. The second kappa shape index (κ2) is 4.67. The monoisotopic (exact) mass is 209 g/mol. The van der Waals surface area contributed by atoms with Gasteiger partial charge in [0, 0.05) is 11.4 Å². The van der Waals surface area contributed by atoms with Crippen LogP contribution in [0.3, 0.4) is 0 Å². The number of benzene rings is 2. The van der Waals surface area contributed by atoms with Gasteiger partial charge in [0.1, 0.15) is 0 Å². The van der Waals surface area contributed by atoms with Crippen molar-refractivity contribution in [2.45, 2.75) is 6.92 Å². The fourth-order valence-electron chi connectivity index (χ4n) is 1.71. The van der Waals surface area contributed by atoms with Crippen LogP contribution in [0.2, 0.25) is 0 Å². The van der Waals surface area contributed by atoms with Crippen molar-refractivity contribution in [1.29, 1.82) is 0 Å². The van der Waals surface area contributed by atoms with Crippen LogP contribution in [-0.4, -0.2) is 0 Å². The molecule has 1 nitrogen and oxygen atoms in total. The van der Waals surface area contributed by atoms with Crippen molar-refractivity contribution in [1.82, 2.24) is 0 Å².